The Balaban J connectivity index is 1.60. The van der Waals surface area contributed by atoms with Gasteiger partial charge in [0.2, 0.25) is 5.95 Å². The summed E-state index contributed by atoms with van der Waals surface area (Å²) in [6, 6.07) is 11.8. The van der Waals surface area contributed by atoms with E-state index in [0.29, 0.717) is 16.5 Å². The van der Waals surface area contributed by atoms with E-state index >= 15 is 0 Å². The summed E-state index contributed by atoms with van der Waals surface area (Å²) >= 11 is 6.30. The fourth-order valence-electron chi connectivity index (χ4n) is 2.97. The van der Waals surface area contributed by atoms with Crippen molar-refractivity contribution in [3.63, 3.8) is 0 Å². The first kappa shape index (κ1) is 16.6. The minimum atomic E-state index is 0.505. The first-order valence-corrected chi connectivity index (χ1v) is 8.74. The van der Waals surface area contributed by atoms with Crippen molar-refractivity contribution >= 4 is 39.8 Å². The van der Waals surface area contributed by atoms with Crippen molar-refractivity contribution in [3.8, 4) is 12.3 Å². The van der Waals surface area contributed by atoms with E-state index in [1.165, 1.54) is 0 Å². The van der Waals surface area contributed by atoms with Crippen LogP contribution in [0, 0.1) is 12.3 Å². The molecule has 1 fully saturated rings. The van der Waals surface area contributed by atoms with Gasteiger partial charge < -0.3 is 15.0 Å². The van der Waals surface area contributed by atoms with E-state index in [-0.39, 0.29) is 0 Å². The van der Waals surface area contributed by atoms with Crippen LogP contribution in [0.4, 0.5) is 17.3 Å². The molecule has 5 nitrogen and oxygen atoms in total. The lowest BCUT2D eigenvalue weighted by molar-refractivity contribution is 0.122. The number of halogens is 1. The highest BCUT2D eigenvalue weighted by molar-refractivity contribution is 6.36. The van der Waals surface area contributed by atoms with E-state index in [4.69, 9.17) is 22.8 Å². The number of aromatic nitrogens is 2. The summed E-state index contributed by atoms with van der Waals surface area (Å²) in [5.41, 5.74) is 3.47. The van der Waals surface area contributed by atoms with Gasteiger partial charge in [-0.1, -0.05) is 23.6 Å². The molecule has 0 saturated carbocycles. The average Bonchev–Trinajstić information content (AvgIpc) is 2.69. The molecule has 0 atom stereocenters. The Morgan fingerprint density at radius 3 is 2.85 bits per heavy atom. The third kappa shape index (κ3) is 3.30. The van der Waals surface area contributed by atoms with Crippen molar-refractivity contribution in [2.24, 2.45) is 0 Å². The van der Waals surface area contributed by atoms with E-state index in [2.05, 4.69) is 38.2 Å². The smallest absolute Gasteiger partial charge is 0.227 e. The molecule has 0 radical (unpaired) electrons. The van der Waals surface area contributed by atoms with Crippen molar-refractivity contribution in [1.82, 2.24) is 9.97 Å². The molecule has 1 aliphatic rings. The van der Waals surface area contributed by atoms with Gasteiger partial charge in [0.05, 0.1) is 23.8 Å². The molecule has 4 rings (SSSR count). The molecule has 0 spiro atoms. The first-order chi connectivity index (χ1) is 12.7. The Labute approximate surface area is 157 Å². The number of rotatable bonds is 3. The van der Waals surface area contributed by atoms with Gasteiger partial charge in [0, 0.05) is 41.6 Å². The zero-order valence-corrected chi connectivity index (χ0v) is 14.8. The van der Waals surface area contributed by atoms with Crippen LogP contribution < -0.4 is 10.2 Å². The predicted molar refractivity (Wildman–Crippen MR) is 105 cm³/mol. The maximum Gasteiger partial charge on any atom is 0.227 e. The summed E-state index contributed by atoms with van der Waals surface area (Å²) in [7, 11) is 0. The monoisotopic (exact) mass is 364 g/mol. The van der Waals surface area contributed by atoms with Crippen LogP contribution in [0.15, 0.2) is 42.6 Å². The standard InChI is InChI=1S/C20H17ClN4O/c1-2-14-6-7-18-17(19(14)21)13-22-20(24-18)23-15-4-3-5-16(12-15)25-8-10-26-11-9-25/h1,3-7,12-13H,8-11H2,(H,22,23,24). The molecule has 1 aliphatic heterocycles. The van der Waals surface area contributed by atoms with Gasteiger partial charge in [-0.05, 0) is 30.3 Å². The van der Waals surface area contributed by atoms with Crippen LogP contribution >= 0.6 is 11.6 Å². The molecule has 0 unspecified atom stereocenters. The highest BCUT2D eigenvalue weighted by Gasteiger charge is 2.12. The highest BCUT2D eigenvalue weighted by atomic mass is 35.5. The van der Waals surface area contributed by atoms with Crippen molar-refractivity contribution in [3.05, 3.63) is 53.2 Å². The molecule has 6 heteroatoms. The van der Waals surface area contributed by atoms with Gasteiger partial charge in [0.15, 0.2) is 0 Å². The summed E-state index contributed by atoms with van der Waals surface area (Å²) in [5.74, 6) is 3.08. The third-order valence-corrected chi connectivity index (χ3v) is 4.74. The van der Waals surface area contributed by atoms with Gasteiger partial charge in [-0.3, -0.25) is 0 Å². The molecule has 2 heterocycles. The van der Waals surface area contributed by atoms with Crippen LogP contribution in [0.1, 0.15) is 5.56 Å². The van der Waals surface area contributed by atoms with Crippen LogP contribution in [0.3, 0.4) is 0 Å². The highest BCUT2D eigenvalue weighted by Crippen LogP contribution is 2.27. The number of nitrogens with zero attached hydrogens (tertiary/aromatic N) is 3. The van der Waals surface area contributed by atoms with Gasteiger partial charge in [-0.25, -0.2) is 9.97 Å². The summed E-state index contributed by atoms with van der Waals surface area (Å²) in [6.45, 7) is 3.30. The van der Waals surface area contributed by atoms with E-state index in [0.717, 1.165) is 48.6 Å². The molecule has 0 bridgehead atoms. The number of ether oxygens (including phenoxy) is 1. The number of benzene rings is 2. The van der Waals surface area contributed by atoms with Gasteiger partial charge in [0.1, 0.15) is 0 Å². The van der Waals surface area contributed by atoms with Crippen LogP contribution in [0.2, 0.25) is 5.02 Å². The largest absolute Gasteiger partial charge is 0.378 e. The molecular weight excluding hydrogens is 348 g/mol. The fourth-order valence-corrected chi connectivity index (χ4v) is 3.24. The Morgan fingerprint density at radius 1 is 1.19 bits per heavy atom. The second kappa shape index (κ2) is 7.20. The molecular formula is C20H17ClN4O. The molecule has 1 N–H and O–H groups in total. The molecule has 2 aromatic carbocycles. The first-order valence-electron chi connectivity index (χ1n) is 8.36. The average molecular weight is 365 g/mol. The second-order valence-electron chi connectivity index (χ2n) is 5.97. The Kier molecular flexibility index (Phi) is 4.61. The number of terminal acetylenes is 1. The molecule has 0 aliphatic carbocycles. The summed E-state index contributed by atoms with van der Waals surface area (Å²) in [4.78, 5) is 11.2. The lowest BCUT2D eigenvalue weighted by atomic mass is 10.1. The van der Waals surface area contributed by atoms with Crippen LogP contribution in [-0.2, 0) is 4.74 Å². The summed E-state index contributed by atoms with van der Waals surface area (Å²) < 4.78 is 5.41. The van der Waals surface area contributed by atoms with E-state index < -0.39 is 0 Å². The number of morpholine rings is 1. The summed E-state index contributed by atoms with van der Waals surface area (Å²) in [5, 5.41) is 4.51. The number of nitrogens with one attached hydrogen (secondary N) is 1. The number of hydrogen-bond acceptors (Lipinski definition) is 5. The van der Waals surface area contributed by atoms with Crippen LogP contribution in [-0.4, -0.2) is 36.3 Å². The second-order valence-corrected chi connectivity index (χ2v) is 6.35. The quantitative estimate of drug-likeness (QED) is 0.715. The van der Waals surface area contributed by atoms with Crippen molar-refractivity contribution in [1.29, 1.82) is 0 Å². The van der Waals surface area contributed by atoms with Crippen LogP contribution in [0.5, 0.6) is 0 Å². The number of anilines is 3. The normalized spacial score (nSPS) is 14.2. The fraction of sp³-hybridized carbons (Fsp3) is 0.200. The minimum absolute atomic E-state index is 0.505. The Bertz CT molecular complexity index is 993. The number of fused-ring (bicyclic) bond motifs is 1. The molecule has 0 amide bonds. The van der Waals surface area contributed by atoms with E-state index in [1.54, 1.807) is 12.3 Å². The number of hydrogen-bond donors (Lipinski definition) is 1. The Hall–Kier alpha value is -2.81. The van der Waals surface area contributed by atoms with E-state index in [9.17, 15) is 0 Å². The topological polar surface area (TPSA) is 50.3 Å². The minimum Gasteiger partial charge on any atom is -0.378 e. The maximum absolute atomic E-state index is 6.30. The maximum atomic E-state index is 6.30. The van der Waals surface area contributed by atoms with Gasteiger partial charge in [-0.15, -0.1) is 6.42 Å². The summed E-state index contributed by atoms with van der Waals surface area (Å²) in [6.07, 6.45) is 7.14. The third-order valence-electron chi connectivity index (χ3n) is 4.33. The zero-order chi connectivity index (χ0) is 17.9. The predicted octanol–water partition coefficient (Wildman–Crippen LogP) is 3.84. The lowest BCUT2D eigenvalue weighted by Gasteiger charge is -2.29. The van der Waals surface area contributed by atoms with Crippen LogP contribution in [0.25, 0.3) is 10.9 Å². The van der Waals surface area contributed by atoms with Gasteiger partial charge in [0.25, 0.3) is 0 Å². The molecule has 3 aromatic rings. The molecule has 130 valence electrons. The molecule has 1 saturated heterocycles. The molecule has 1 aromatic heterocycles. The van der Waals surface area contributed by atoms with Crippen molar-refractivity contribution < 1.29 is 4.74 Å². The van der Waals surface area contributed by atoms with Gasteiger partial charge >= 0.3 is 0 Å². The lowest BCUT2D eigenvalue weighted by Crippen LogP contribution is -2.36. The van der Waals surface area contributed by atoms with Gasteiger partial charge in [-0.2, -0.15) is 0 Å². The Morgan fingerprint density at radius 2 is 2.04 bits per heavy atom. The zero-order valence-electron chi connectivity index (χ0n) is 14.1. The van der Waals surface area contributed by atoms with E-state index in [1.807, 2.05) is 18.2 Å². The SMILES string of the molecule is C#Cc1ccc2nc(Nc3cccc(N4CCOCC4)c3)ncc2c1Cl. The molecule has 26 heavy (non-hydrogen) atoms. The van der Waals surface area contributed by atoms with Crippen molar-refractivity contribution in [2.75, 3.05) is 36.5 Å². The van der Waals surface area contributed by atoms with Crippen molar-refractivity contribution in [2.45, 2.75) is 0 Å².